The maximum atomic E-state index is 10.0. The fourth-order valence-electron chi connectivity index (χ4n) is 0.653. The predicted molar refractivity (Wildman–Crippen MR) is 28.0 cm³/mol. The van der Waals surface area contributed by atoms with Crippen molar-refractivity contribution in [3.05, 3.63) is 6.92 Å². The fourth-order valence-corrected chi connectivity index (χ4v) is 0.653. The Kier molecular flexibility index (Phi) is 1.51. The zero-order chi connectivity index (χ0) is 5.98. The van der Waals surface area contributed by atoms with Crippen LogP contribution in [0.3, 0.4) is 0 Å². The summed E-state index contributed by atoms with van der Waals surface area (Å²) in [5, 5.41) is 0. The third-order valence-electron chi connectivity index (χ3n) is 1.34. The molecule has 2 radical (unpaired) electrons. The van der Waals surface area contributed by atoms with Gasteiger partial charge in [0, 0.05) is 0 Å². The summed E-state index contributed by atoms with van der Waals surface area (Å²) in [7, 11) is 0. The molecular weight excluding hydrogens is 104 g/mol. The van der Waals surface area contributed by atoms with Crippen molar-refractivity contribution in [2.24, 2.45) is 0 Å². The Bertz CT molecular complexity index is 94.7. The molecule has 0 N–H and O–H groups in total. The molecule has 1 aliphatic rings. The molecule has 2 heteroatoms. The van der Waals surface area contributed by atoms with Gasteiger partial charge >= 0.3 is 5.97 Å². The minimum atomic E-state index is -0.644. The van der Waals surface area contributed by atoms with Gasteiger partial charge in [0.05, 0.1) is 6.92 Å². The zero-order valence-corrected chi connectivity index (χ0v) is 4.59. The summed E-state index contributed by atoms with van der Waals surface area (Å²) < 4.78 is 4.62. The number of hydrogen-bond donors (Lipinski definition) is 0. The lowest BCUT2D eigenvalue weighted by Crippen LogP contribution is -2.23. The van der Waals surface area contributed by atoms with E-state index < -0.39 is 5.97 Å². The van der Waals surface area contributed by atoms with E-state index in [1.807, 2.05) is 0 Å². The molecule has 0 unspecified atom stereocenters. The van der Waals surface area contributed by atoms with Crippen molar-refractivity contribution in [2.75, 3.05) is 0 Å². The van der Waals surface area contributed by atoms with Crippen LogP contribution in [-0.2, 0) is 9.53 Å². The van der Waals surface area contributed by atoms with Crippen LogP contribution >= 0.6 is 0 Å². The number of esters is 1. The Labute approximate surface area is 48.8 Å². The fraction of sp³-hybridized carbons (Fsp3) is 0.667. The van der Waals surface area contributed by atoms with Crippen LogP contribution in [0.5, 0.6) is 0 Å². The second-order valence-electron chi connectivity index (χ2n) is 1.99. The van der Waals surface area contributed by atoms with E-state index in [1.165, 1.54) is 0 Å². The maximum Gasteiger partial charge on any atom is 0.311 e. The Morgan fingerprint density at radius 1 is 1.62 bits per heavy atom. The highest BCUT2D eigenvalue weighted by atomic mass is 16.5. The summed E-state index contributed by atoms with van der Waals surface area (Å²) in [4.78, 5) is 10.0. The van der Waals surface area contributed by atoms with Crippen molar-refractivity contribution < 1.29 is 9.53 Å². The third-order valence-corrected chi connectivity index (χ3v) is 1.34. The van der Waals surface area contributed by atoms with Gasteiger partial charge in [-0.25, -0.2) is 0 Å². The zero-order valence-electron chi connectivity index (χ0n) is 4.59. The highest BCUT2D eigenvalue weighted by Gasteiger charge is 2.19. The summed E-state index contributed by atoms with van der Waals surface area (Å²) in [5.41, 5.74) is 0. The van der Waals surface area contributed by atoms with E-state index in [4.69, 9.17) is 6.92 Å². The molecule has 0 heterocycles. The summed E-state index contributed by atoms with van der Waals surface area (Å²) in [5.74, 6) is -0.644. The molecule has 8 heavy (non-hydrogen) atoms. The smallest absolute Gasteiger partial charge is 0.311 e. The minimum Gasteiger partial charge on any atom is -0.462 e. The molecule has 1 aliphatic carbocycles. The van der Waals surface area contributed by atoms with Gasteiger partial charge in [-0.15, -0.1) is 0 Å². The molecule has 0 atom stereocenters. The average Bonchev–Trinajstić information content (AvgIpc) is 1.55. The second kappa shape index (κ2) is 2.16. The summed E-state index contributed by atoms with van der Waals surface area (Å²) in [6.07, 6.45) is 3.27. The van der Waals surface area contributed by atoms with E-state index in [2.05, 4.69) is 4.74 Å². The van der Waals surface area contributed by atoms with Crippen LogP contribution in [0.15, 0.2) is 0 Å². The van der Waals surface area contributed by atoms with E-state index in [1.54, 1.807) is 0 Å². The highest BCUT2D eigenvalue weighted by Crippen LogP contribution is 2.21. The molecule has 0 saturated heterocycles. The van der Waals surface area contributed by atoms with E-state index in [0.717, 1.165) is 19.3 Å². The Hall–Kier alpha value is -0.530. The first-order valence-corrected chi connectivity index (χ1v) is 2.75. The van der Waals surface area contributed by atoms with Crippen molar-refractivity contribution in [1.29, 1.82) is 0 Å². The molecule has 1 saturated carbocycles. The lowest BCUT2D eigenvalue weighted by molar-refractivity contribution is -0.147. The minimum absolute atomic E-state index is 0.132. The SMILES string of the molecule is [CH]C(=O)OC1CCC1. The quantitative estimate of drug-likeness (QED) is 0.469. The number of ether oxygens (including phenoxy) is 1. The summed E-state index contributed by atoms with van der Waals surface area (Å²) in [6.45, 7) is 4.74. The third kappa shape index (κ3) is 1.22. The largest absolute Gasteiger partial charge is 0.462 e. The molecule has 1 rings (SSSR count). The lowest BCUT2D eigenvalue weighted by Gasteiger charge is -2.23. The molecule has 0 bridgehead atoms. The Morgan fingerprint density at radius 3 is 2.38 bits per heavy atom. The summed E-state index contributed by atoms with van der Waals surface area (Å²) >= 11 is 0. The molecule has 0 aromatic rings. The van der Waals surface area contributed by atoms with Crippen molar-refractivity contribution >= 4 is 5.97 Å². The van der Waals surface area contributed by atoms with Crippen LogP contribution < -0.4 is 0 Å². The number of hydrogen-bond acceptors (Lipinski definition) is 2. The molecule has 0 aliphatic heterocycles. The first kappa shape index (κ1) is 5.60. The molecule has 1 fully saturated rings. The van der Waals surface area contributed by atoms with Crippen LogP contribution in [0.1, 0.15) is 19.3 Å². The Balaban J connectivity index is 2.09. The van der Waals surface area contributed by atoms with Gasteiger partial charge in [-0.2, -0.15) is 0 Å². The van der Waals surface area contributed by atoms with Gasteiger partial charge in [0.25, 0.3) is 0 Å². The van der Waals surface area contributed by atoms with Gasteiger partial charge in [-0.05, 0) is 19.3 Å². The van der Waals surface area contributed by atoms with Gasteiger partial charge < -0.3 is 4.74 Å². The van der Waals surface area contributed by atoms with Crippen LogP contribution in [-0.4, -0.2) is 12.1 Å². The van der Waals surface area contributed by atoms with Crippen molar-refractivity contribution in [3.8, 4) is 0 Å². The van der Waals surface area contributed by atoms with Gasteiger partial charge in [0.2, 0.25) is 0 Å². The predicted octanol–water partition coefficient (Wildman–Crippen LogP) is 0.793. The first-order valence-electron chi connectivity index (χ1n) is 2.75. The molecule has 0 spiro atoms. The monoisotopic (exact) mass is 112 g/mol. The van der Waals surface area contributed by atoms with Crippen LogP contribution in [0, 0.1) is 6.92 Å². The van der Waals surface area contributed by atoms with Crippen LogP contribution in [0.2, 0.25) is 0 Å². The molecule has 0 aromatic heterocycles. The normalized spacial score (nSPS) is 19.6. The molecule has 0 amide bonds. The van der Waals surface area contributed by atoms with Gasteiger partial charge in [-0.3, -0.25) is 4.79 Å². The van der Waals surface area contributed by atoms with E-state index in [0.29, 0.717) is 0 Å². The molecule has 2 nitrogen and oxygen atoms in total. The van der Waals surface area contributed by atoms with Crippen LogP contribution in [0.25, 0.3) is 0 Å². The van der Waals surface area contributed by atoms with E-state index in [9.17, 15) is 4.79 Å². The Morgan fingerprint density at radius 2 is 2.25 bits per heavy atom. The van der Waals surface area contributed by atoms with Gasteiger partial charge in [0.1, 0.15) is 6.10 Å². The highest BCUT2D eigenvalue weighted by molar-refractivity contribution is 5.73. The molecular formula is C6H8O2. The van der Waals surface area contributed by atoms with E-state index in [-0.39, 0.29) is 6.10 Å². The summed E-state index contributed by atoms with van der Waals surface area (Å²) in [6, 6.07) is 0. The van der Waals surface area contributed by atoms with Crippen molar-refractivity contribution in [1.82, 2.24) is 0 Å². The number of carbonyl (C=O) groups excluding carboxylic acids is 1. The lowest BCUT2D eigenvalue weighted by atomic mass is 9.96. The van der Waals surface area contributed by atoms with Gasteiger partial charge in [0.15, 0.2) is 0 Å². The second-order valence-corrected chi connectivity index (χ2v) is 1.99. The van der Waals surface area contributed by atoms with Gasteiger partial charge in [-0.1, -0.05) is 0 Å². The number of rotatable bonds is 1. The van der Waals surface area contributed by atoms with Crippen molar-refractivity contribution in [2.45, 2.75) is 25.4 Å². The average molecular weight is 112 g/mol. The number of carbonyl (C=O) groups is 1. The maximum absolute atomic E-state index is 10.0. The first-order chi connectivity index (χ1) is 3.79. The molecule has 0 aromatic carbocycles. The standard InChI is InChI=1S/C6H8O2/c1-5(7)8-6-3-2-4-6/h1,6H,2-4H2. The molecule has 44 valence electrons. The van der Waals surface area contributed by atoms with Crippen LogP contribution in [0.4, 0.5) is 0 Å². The van der Waals surface area contributed by atoms with Crippen molar-refractivity contribution in [3.63, 3.8) is 0 Å². The van der Waals surface area contributed by atoms with E-state index >= 15 is 0 Å². The topological polar surface area (TPSA) is 26.3 Å².